The van der Waals surface area contributed by atoms with Crippen molar-refractivity contribution in [3.63, 3.8) is 0 Å². The summed E-state index contributed by atoms with van der Waals surface area (Å²) in [7, 11) is 0. The molecule has 0 bridgehead atoms. The van der Waals surface area contributed by atoms with E-state index < -0.39 is 11.8 Å². The minimum absolute atomic E-state index is 0.000746. The average molecular weight is 270 g/mol. The average Bonchev–Trinajstić information content (AvgIpc) is 2.38. The number of aryl methyl sites for hydroxylation is 2. The van der Waals surface area contributed by atoms with Crippen molar-refractivity contribution in [3.05, 3.63) is 53.0 Å². The molecular weight excluding hydrogens is 256 g/mol. The Bertz CT molecular complexity index is 683. The lowest BCUT2D eigenvalue weighted by atomic mass is 10.1. The number of nitrogens with two attached hydrogens (primary N) is 1. The normalized spacial score (nSPS) is 10.1. The summed E-state index contributed by atoms with van der Waals surface area (Å²) >= 11 is 0. The molecule has 6 heteroatoms. The number of anilines is 1. The second-order valence-corrected chi connectivity index (χ2v) is 4.33. The fraction of sp³-hybridized carbons (Fsp3) is 0.143. The molecule has 0 spiro atoms. The molecular formula is C14H14N4O2. The summed E-state index contributed by atoms with van der Waals surface area (Å²) in [6.07, 6.45) is 0. The van der Waals surface area contributed by atoms with E-state index in [-0.39, 0.29) is 11.3 Å². The van der Waals surface area contributed by atoms with Gasteiger partial charge in [0.15, 0.2) is 0 Å². The van der Waals surface area contributed by atoms with Gasteiger partial charge in [0.25, 0.3) is 11.8 Å². The number of carbonyl (C=O) groups is 2. The minimum atomic E-state index is -0.695. The van der Waals surface area contributed by atoms with Crippen molar-refractivity contribution in [2.75, 3.05) is 5.32 Å². The highest BCUT2D eigenvalue weighted by molar-refractivity contribution is 6.10. The molecule has 0 aliphatic heterocycles. The molecule has 2 heterocycles. The molecule has 0 saturated heterocycles. The molecule has 0 radical (unpaired) electrons. The maximum Gasteiger partial charge on any atom is 0.276 e. The smallest absolute Gasteiger partial charge is 0.276 e. The molecule has 20 heavy (non-hydrogen) atoms. The van der Waals surface area contributed by atoms with Crippen LogP contribution in [0.3, 0.4) is 0 Å². The van der Waals surface area contributed by atoms with Gasteiger partial charge in [0, 0.05) is 11.4 Å². The van der Waals surface area contributed by atoms with Crippen molar-refractivity contribution in [2.45, 2.75) is 13.8 Å². The third-order valence-electron chi connectivity index (χ3n) is 2.64. The molecule has 2 rings (SSSR count). The number of primary amides is 1. The number of aromatic nitrogens is 2. The van der Waals surface area contributed by atoms with Crippen LogP contribution in [0, 0.1) is 13.8 Å². The molecule has 0 aliphatic rings. The molecule has 0 fully saturated rings. The zero-order chi connectivity index (χ0) is 14.7. The first-order valence-electron chi connectivity index (χ1n) is 6.00. The highest BCUT2D eigenvalue weighted by atomic mass is 16.2. The van der Waals surface area contributed by atoms with E-state index in [0.29, 0.717) is 11.5 Å². The molecule has 3 N–H and O–H groups in total. The van der Waals surface area contributed by atoms with E-state index >= 15 is 0 Å². The molecule has 0 saturated carbocycles. The highest BCUT2D eigenvalue weighted by Gasteiger charge is 2.17. The minimum Gasteiger partial charge on any atom is -0.366 e. The highest BCUT2D eigenvalue weighted by Crippen LogP contribution is 2.11. The van der Waals surface area contributed by atoms with Gasteiger partial charge < -0.3 is 11.1 Å². The van der Waals surface area contributed by atoms with Crippen LogP contribution in [-0.2, 0) is 0 Å². The zero-order valence-electron chi connectivity index (χ0n) is 11.2. The number of amides is 2. The molecule has 2 aromatic rings. The number of nitrogens with one attached hydrogen (secondary N) is 1. The third-order valence-corrected chi connectivity index (χ3v) is 2.64. The van der Waals surface area contributed by atoms with E-state index in [2.05, 4.69) is 15.3 Å². The molecule has 0 aliphatic carbocycles. The van der Waals surface area contributed by atoms with Crippen molar-refractivity contribution in [1.29, 1.82) is 0 Å². The Morgan fingerprint density at radius 3 is 2.40 bits per heavy atom. The molecule has 0 aromatic carbocycles. The van der Waals surface area contributed by atoms with Gasteiger partial charge in [0.05, 0.1) is 5.56 Å². The third kappa shape index (κ3) is 2.97. The van der Waals surface area contributed by atoms with Crippen LogP contribution in [0.2, 0.25) is 0 Å². The van der Waals surface area contributed by atoms with Gasteiger partial charge in [-0.05, 0) is 38.1 Å². The molecule has 6 nitrogen and oxygen atoms in total. The largest absolute Gasteiger partial charge is 0.366 e. The Balaban J connectivity index is 2.34. The van der Waals surface area contributed by atoms with E-state index in [9.17, 15) is 9.59 Å². The summed E-state index contributed by atoms with van der Waals surface area (Å²) in [6.45, 7) is 3.54. The first-order chi connectivity index (χ1) is 9.47. The van der Waals surface area contributed by atoms with Gasteiger partial charge in [0.1, 0.15) is 11.5 Å². The van der Waals surface area contributed by atoms with Crippen molar-refractivity contribution >= 4 is 17.6 Å². The van der Waals surface area contributed by atoms with Crippen molar-refractivity contribution in [3.8, 4) is 0 Å². The van der Waals surface area contributed by atoms with Crippen LogP contribution in [0.1, 0.15) is 32.2 Å². The van der Waals surface area contributed by atoms with Gasteiger partial charge in [-0.25, -0.2) is 9.97 Å². The Hall–Kier alpha value is -2.76. The number of carbonyl (C=O) groups excluding carboxylic acids is 2. The van der Waals surface area contributed by atoms with Gasteiger partial charge in [-0.2, -0.15) is 0 Å². The standard InChI is InChI=1S/C14H14N4O2/c1-8-4-3-5-11(16-8)18-14(20)12-10(13(15)19)7-6-9(2)17-12/h3-7H,1-2H3,(H2,15,19)(H,16,18,20). The van der Waals surface area contributed by atoms with E-state index in [1.165, 1.54) is 6.07 Å². The molecule has 102 valence electrons. The number of nitrogens with zero attached hydrogens (tertiary/aromatic N) is 2. The Kier molecular flexibility index (Phi) is 3.74. The number of pyridine rings is 2. The van der Waals surface area contributed by atoms with Crippen molar-refractivity contribution in [1.82, 2.24) is 9.97 Å². The molecule has 2 aromatic heterocycles. The fourth-order valence-corrected chi connectivity index (χ4v) is 1.72. The van der Waals surface area contributed by atoms with E-state index in [1.54, 1.807) is 25.1 Å². The Labute approximate surface area is 116 Å². The van der Waals surface area contributed by atoms with Gasteiger partial charge >= 0.3 is 0 Å². The topological polar surface area (TPSA) is 98.0 Å². The summed E-state index contributed by atoms with van der Waals surface area (Å²) in [5.41, 5.74) is 6.73. The van der Waals surface area contributed by atoms with E-state index in [0.717, 1.165) is 5.69 Å². The second kappa shape index (κ2) is 5.48. The van der Waals surface area contributed by atoms with Crippen LogP contribution in [0.5, 0.6) is 0 Å². The first-order valence-corrected chi connectivity index (χ1v) is 6.00. The number of hydrogen-bond donors (Lipinski definition) is 2. The molecule has 0 atom stereocenters. The Morgan fingerprint density at radius 1 is 1.05 bits per heavy atom. The summed E-state index contributed by atoms with van der Waals surface area (Å²) in [6, 6.07) is 8.36. The zero-order valence-corrected chi connectivity index (χ0v) is 11.2. The van der Waals surface area contributed by atoms with Gasteiger partial charge in [-0.1, -0.05) is 6.07 Å². The Morgan fingerprint density at radius 2 is 1.75 bits per heavy atom. The lowest BCUT2D eigenvalue weighted by Crippen LogP contribution is -2.22. The van der Waals surface area contributed by atoms with Crippen molar-refractivity contribution < 1.29 is 9.59 Å². The van der Waals surface area contributed by atoms with E-state index in [1.807, 2.05) is 13.0 Å². The number of hydrogen-bond acceptors (Lipinski definition) is 4. The van der Waals surface area contributed by atoms with Gasteiger partial charge in [-0.3, -0.25) is 9.59 Å². The maximum absolute atomic E-state index is 12.2. The van der Waals surface area contributed by atoms with Crippen LogP contribution in [-0.4, -0.2) is 21.8 Å². The lowest BCUT2D eigenvalue weighted by molar-refractivity contribution is 0.0973. The van der Waals surface area contributed by atoms with Crippen LogP contribution in [0.15, 0.2) is 30.3 Å². The first kappa shape index (κ1) is 13.7. The molecule has 2 amide bonds. The maximum atomic E-state index is 12.2. The van der Waals surface area contributed by atoms with Crippen LogP contribution in [0.4, 0.5) is 5.82 Å². The summed E-state index contributed by atoms with van der Waals surface area (Å²) in [5, 5.41) is 2.60. The summed E-state index contributed by atoms with van der Waals surface area (Å²) in [5.74, 6) is -0.811. The van der Waals surface area contributed by atoms with E-state index in [4.69, 9.17) is 5.73 Å². The quantitative estimate of drug-likeness (QED) is 0.881. The molecule has 0 unspecified atom stereocenters. The summed E-state index contributed by atoms with van der Waals surface area (Å²) < 4.78 is 0. The monoisotopic (exact) mass is 270 g/mol. The second-order valence-electron chi connectivity index (χ2n) is 4.33. The van der Waals surface area contributed by atoms with Crippen LogP contribution in [0.25, 0.3) is 0 Å². The predicted molar refractivity (Wildman–Crippen MR) is 74.4 cm³/mol. The SMILES string of the molecule is Cc1cccc(NC(=O)c2nc(C)ccc2C(N)=O)n1. The van der Waals surface area contributed by atoms with Gasteiger partial charge in [0.2, 0.25) is 0 Å². The lowest BCUT2D eigenvalue weighted by Gasteiger charge is -2.08. The van der Waals surface area contributed by atoms with Crippen LogP contribution >= 0.6 is 0 Å². The predicted octanol–water partition coefficient (Wildman–Crippen LogP) is 1.44. The van der Waals surface area contributed by atoms with Gasteiger partial charge in [-0.15, -0.1) is 0 Å². The summed E-state index contributed by atoms with van der Waals surface area (Å²) in [4.78, 5) is 31.7. The number of rotatable bonds is 3. The fourth-order valence-electron chi connectivity index (χ4n) is 1.72. The van der Waals surface area contributed by atoms with Crippen molar-refractivity contribution in [2.24, 2.45) is 5.73 Å². The van der Waals surface area contributed by atoms with Crippen LogP contribution < -0.4 is 11.1 Å².